The van der Waals surface area contributed by atoms with Crippen molar-refractivity contribution in [2.45, 2.75) is 32.4 Å². The monoisotopic (exact) mass is 416 g/mol. The van der Waals surface area contributed by atoms with Crippen molar-refractivity contribution in [2.24, 2.45) is 0 Å². The number of aromatic nitrogens is 3. The molecule has 2 aromatic heterocycles. The number of hydrogen-bond acceptors (Lipinski definition) is 3. The van der Waals surface area contributed by atoms with E-state index in [2.05, 4.69) is 10.4 Å². The smallest absolute Gasteiger partial charge is 0.251 e. The van der Waals surface area contributed by atoms with Gasteiger partial charge in [0.15, 0.2) is 6.20 Å². The van der Waals surface area contributed by atoms with Crippen molar-refractivity contribution >= 4 is 16.8 Å². The summed E-state index contributed by atoms with van der Waals surface area (Å²) in [5, 5.41) is 20.2. The minimum Gasteiger partial charge on any atom is -0.618 e. The minimum absolute atomic E-state index is 0.208. The summed E-state index contributed by atoms with van der Waals surface area (Å²) >= 11 is 0. The summed E-state index contributed by atoms with van der Waals surface area (Å²) < 4.78 is 17.2. The molecular weight excluding hydrogens is 395 g/mol. The average Bonchev–Trinajstić information content (AvgIpc) is 3.49. The molecule has 0 aliphatic heterocycles. The van der Waals surface area contributed by atoms with Crippen molar-refractivity contribution in [2.75, 3.05) is 0 Å². The normalized spacial score (nSPS) is 13.5. The quantitative estimate of drug-likeness (QED) is 0.398. The third kappa shape index (κ3) is 3.74. The van der Waals surface area contributed by atoms with Gasteiger partial charge in [-0.15, -0.1) is 0 Å². The lowest BCUT2D eigenvalue weighted by atomic mass is 9.96. The molecule has 2 heterocycles. The summed E-state index contributed by atoms with van der Waals surface area (Å²) in [6, 6.07) is 14.2. The fourth-order valence-electron chi connectivity index (χ4n) is 3.73. The van der Waals surface area contributed by atoms with E-state index >= 15 is 0 Å². The van der Waals surface area contributed by atoms with Crippen LogP contribution in [-0.4, -0.2) is 21.7 Å². The maximum absolute atomic E-state index is 14.6. The first kappa shape index (κ1) is 19.2. The highest BCUT2D eigenvalue weighted by Crippen LogP contribution is 2.30. The molecule has 31 heavy (non-hydrogen) atoms. The van der Waals surface area contributed by atoms with E-state index in [4.69, 9.17) is 0 Å². The molecule has 0 unspecified atom stereocenters. The molecule has 1 N–H and O–H groups in total. The van der Waals surface area contributed by atoms with Crippen LogP contribution in [0.1, 0.15) is 34.5 Å². The van der Waals surface area contributed by atoms with Crippen LogP contribution < -0.4 is 10.0 Å². The van der Waals surface area contributed by atoms with Gasteiger partial charge in [0, 0.05) is 29.1 Å². The van der Waals surface area contributed by atoms with Crippen molar-refractivity contribution < 1.29 is 13.9 Å². The molecule has 2 aromatic carbocycles. The highest BCUT2D eigenvalue weighted by Gasteiger charge is 2.24. The Labute approximate surface area is 178 Å². The number of amides is 1. The summed E-state index contributed by atoms with van der Waals surface area (Å²) in [6.45, 7) is 2.06. The molecule has 0 radical (unpaired) electrons. The molecule has 1 amide bonds. The zero-order chi connectivity index (χ0) is 21.5. The van der Waals surface area contributed by atoms with Crippen LogP contribution in [-0.2, 0) is 6.54 Å². The van der Waals surface area contributed by atoms with E-state index < -0.39 is 5.82 Å². The van der Waals surface area contributed by atoms with Gasteiger partial charge >= 0.3 is 0 Å². The van der Waals surface area contributed by atoms with E-state index in [1.54, 1.807) is 36.0 Å². The van der Waals surface area contributed by atoms with Crippen LogP contribution in [0.5, 0.6) is 0 Å². The maximum atomic E-state index is 14.6. The van der Waals surface area contributed by atoms with Gasteiger partial charge in [-0.2, -0.15) is 9.83 Å². The number of benzene rings is 2. The molecule has 1 saturated carbocycles. The average molecular weight is 416 g/mol. The minimum atomic E-state index is -0.404. The van der Waals surface area contributed by atoms with Gasteiger partial charge in [0.2, 0.25) is 5.69 Å². The molecule has 156 valence electrons. The van der Waals surface area contributed by atoms with Crippen LogP contribution in [0, 0.1) is 17.9 Å². The fourth-order valence-corrected chi connectivity index (χ4v) is 3.73. The van der Waals surface area contributed by atoms with Crippen LogP contribution in [0.4, 0.5) is 4.39 Å². The SMILES string of the molecule is Cc1c(F)cc(C(=O)NC2CC2)cc1-c1ccc2c(cnn2Cc2cccc[n+]2[O-])c1. The van der Waals surface area contributed by atoms with Crippen molar-refractivity contribution in [1.29, 1.82) is 0 Å². The topological polar surface area (TPSA) is 73.9 Å². The van der Waals surface area contributed by atoms with Crippen LogP contribution in [0.25, 0.3) is 22.0 Å². The Hall–Kier alpha value is -3.74. The number of nitrogens with zero attached hydrogens (tertiary/aromatic N) is 3. The van der Waals surface area contributed by atoms with E-state index in [0.717, 1.165) is 34.0 Å². The molecule has 0 saturated heterocycles. The number of halogens is 1. The Balaban J connectivity index is 1.50. The van der Waals surface area contributed by atoms with Crippen molar-refractivity contribution in [3.05, 3.63) is 88.8 Å². The number of carbonyl (C=O) groups excluding carboxylic acids is 1. The number of fused-ring (bicyclic) bond motifs is 1. The molecule has 1 fully saturated rings. The van der Waals surface area contributed by atoms with Crippen molar-refractivity contribution in [1.82, 2.24) is 15.1 Å². The molecule has 4 aromatic rings. The molecule has 1 aliphatic rings. The number of nitrogens with one attached hydrogen (secondary N) is 1. The van der Waals surface area contributed by atoms with Crippen LogP contribution in [0.3, 0.4) is 0 Å². The zero-order valence-electron chi connectivity index (χ0n) is 17.0. The maximum Gasteiger partial charge on any atom is 0.251 e. The highest BCUT2D eigenvalue weighted by molar-refractivity contribution is 5.96. The van der Waals surface area contributed by atoms with Gasteiger partial charge in [0.25, 0.3) is 5.91 Å². The summed E-state index contributed by atoms with van der Waals surface area (Å²) in [5.41, 5.74) is 3.76. The van der Waals surface area contributed by atoms with Gasteiger partial charge in [0.1, 0.15) is 12.4 Å². The Morgan fingerprint density at radius 3 is 2.87 bits per heavy atom. The van der Waals surface area contributed by atoms with Gasteiger partial charge in [-0.25, -0.2) is 4.39 Å². The van der Waals surface area contributed by atoms with E-state index in [9.17, 15) is 14.4 Å². The predicted octanol–water partition coefficient (Wildman–Crippen LogP) is 3.72. The van der Waals surface area contributed by atoms with Crippen LogP contribution in [0.2, 0.25) is 0 Å². The fraction of sp³-hybridized carbons (Fsp3) is 0.208. The molecule has 7 heteroatoms. The van der Waals surface area contributed by atoms with Gasteiger partial charge in [-0.05, 0) is 66.8 Å². The number of carbonyl (C=O) groups is 1. The number of rotatable bonds is 5. The standard InChI is InChI=1S/C24H21FN4O2/c1-15-21(11-17(12-22(15)25)24(30)27-19-6-7-19)16-5-8-23-18(10-16)13-26-28(23)14-20-4-2-3-9-29(20)31/h2-5,8-13,19H,6-7,14H2,1H3,(H,27,30). The lowest BCUT2D eigenvalue weighted by Crippen LogP contribution is -2.32. The van der Waals surface area contributed by atoms with Gasteiger partial charge in [-0.1, -0.05) is 6.07 Å². The van der Waals surface area contributed by atoms with E-state index in [1.807, 2.05) is 24.3 Å². The zero-order valence-corrected chi connectivity index (χ0v) is 17.0. The van der Waals surface area contributed by atoms with Gasteiger partial charge < -0.3 is 10.5 Å². The Kier molecular flexibility index (Phi) is 4.66. The van der Waals surface area contributed by atoms with Gasteiger partial charge in [-0.3, -0.25) is 9.48 Å². The number of pyridine rings is 1. The second kappa shape index (κ2) is 7.50. The summed E-state index contributed by atoms with van der Waals surface area (Å²) in [5.74, 6) is -0.649. The molecule has 1 aliphatic carbocycles. The first-order chi connectivity index (χ1) is 15.0. The predicted molar refractivity (Wildman–Crippen MR) is 115 cm³/mol. The third-order valence-electron chi connectivity index (χ3n) is 5.69. The third-order valence-corrected chi connectivity index (χ3v) is 5.69. The number of hydrogen-bond donors (Lipinski definition) is 1. The molecule has 0 bridgehead atoms. The van der Waals surface area contributed by atoms with E-state index in [1.165, 1.54) is 12.3 Å². The molecule has 6 nitrogen and oxygen atoms in total. The highest BCUT2D eigenvalue weighted by atomic mass is 19.1. The van der Waals surface area contributed by atoms with Gasteiger partial charge in [0.05, 0.1) is 11.7 Å². The molecule has 0 spiro atoms. The molecular formula is C24H21FN4O2. The van der Waals surface area contributed by atoms with Crippen molar-refractivity contribution in [3.8, 4) is 11.1 Å². The Bertz CT molecular complexity index is 1310. The molecule has 0 atom stereocenters. The lowest BCUT2D eigenvalue weighted by Gasteiger charge is -2.11. The molecule has 5 rings (SSSR count). The first-order valence-corrected chi connectivity index (χ1v) is 10.2. The first-order valence-electron chi connectivity index (χ1n) is 10.2. The summed E-state index contributed by atoms with van der Waals surface area (Å²) in [6.07, 6.45) is 5.14. The summed E-state index contributed by atoms with van der Waals surface area (Å²) in [7, 11) is 0. The second-order valence-electron chi connectivity index (χ2n) is 7.97. The lowest BCUT2D eigenvalue weighted by molar-refractivity contribution is -0.614. The Morgan fingerprint density at radius 1 is 1.26 bits per heavy atom. The second-order valence-corrected chi connectivity index (χ2v) is 7.97. The largest absolute Gasteiger partial charge is 0.618 e. The Morgan fingerprint density at radius 2 is 2.10 bits per heavy atom. The van der Waals surface area contributed by atoms with E-state index in [0.29, 0.717) is 28.9 Å². The van der Waals surface area contributed by atoms with Crippen molar-refractivity contribution in [3.63, 3.8) is 0 Å². The van der Waals surface area contributed by atoms with Crippen LogP contribution in [0.15, 0.2) is 60.9 Å². The van der Waals surface area contributed by atoms with Crippen LogP contribution >= 0.6 is 0 Å². The summed E-state index contributed by atoms with van der Waals surface area (Å²) in [4.78, 5) is 12.4. The van der Waals surface area contributed by atoms with E-state index in [-0.39, 0.29) is 11.9 Å².